The number of nitrogens with zero attached hydrogens (tertiary/aromatic N) is 5. The molecular formula is C21H23N7O2. The van der Waals surface area contributed by atoms with Gasteiger partial charge >= 0.3 is 0 Å². The zero-order valence-electron chi connectivity index (χ0n) is 16.9. The van der Waals surface area contributed by atoms with Gasteiger partial charge in [-0.15, -0.1) is 10.2 Å². The summed E-state index contributed by atoms with van der Waals surface area (Å²) in [6.45, 7) is 1.04. The van der Waals surface area contributed by atoms with E-state index in [4.69, 9.17) is 10.2 Å². The molecule has 1 unspecified atom stereocenters. The molecule has 1 aliphatic rings. The SMILES string of the molecule is CN(C)CC(=O)C1C=C(c2cnc(N)c(-c3nnc(-c4ccccc4)o3)n2)CCN1. The van der Waals surface area contributed by atoms with E-state index in [0.29, 0.717) is 30.4 Å². The van der Waals surface area contributed by atoms with Gasteiger partial charge in [0.05, 0.1) is 24.5 Å². The molecule has 1 aliphatic heterocycles. The van der Waals surface area contributed by atoms with Crippen molar-refractivity contribution in [3.05, 3.63) is 48.3 Å². The highest BCUT2D eigenvalue weighted by atomic mass is 16.4. The van der Waals surface area contributed by atoms with E-state index >= 15 is 0 Å². The van der Waals surface area contributed by atoms with Crippen LogP contribution in [0.3, 0.4) is 0 Å². The van der Waals surface area contributed by atoms with Gasteiger partial charge in [0.25, 0.3) is 5.89 Å². The average molecular weight is 405 g/mol. The van der Waals surface area contributed by atoms with Gasteiger partial charge in [-0.1, -0.05) is 24.3 Å². The van der Waals surface area contributed by atoms with Crippen molar-refractivity contribution in [3.63, 3.8) is 0 Å². The molecule has 1 atom stereocenters. The Morgan fingerprint density at radius 3 is 2.77 bits per heavy atom. The van der Waals surface area contributed by atoms with Crippen LogP contribution in [0.4, 0.5) is 5.82 Å². The Kier molecular flexibility index (Phi) is 5.64. The van der Waals surface area contributed by atoms with E-state index in [1.165, 1.54) is 0 Å². The second-order valence-corrected chi connectivity index (χ2v) is 7.35. The standard InChI is InChI=1S/C21H23N7O2/c1-28(2)12-17(29)15-10-14(8-9-23-15)16-11-24-19(22)18(25-16)21-27-26-20(30-21)13-6-4-3-5-7-13/h3-7,10-11,15,23H,8-9,12H2,1-2H3,(H2,22,24). The maximum Gasteiger partial charge on any atom is 0.270 e. The Hall–Kier alpha value is -3.43. The molecule has 9 heteroatoms. The van der Waals surface area contributed by atoms with Crippen LogP contribution in [0, 0.1) is 0 Å². The zero-order chi connectivity index (χ0) is 21.1. The van der Waals surface area contributed by atoms with Gasteiger partial charge in [-0.3, -0.25) is 4.79 Å². The molecule has 0 spiro atoms. The quantitative estimate of drug-likeness (QED) is 0.630. The minimum atomic E-state index is -0.355. The van der Waals surface area contributed by atoms with Gasteiger partial charge in [-0.2, -0.15) is 0 Å². The first-order valence-electron chi connectivity index (χ1n) is 9.65. The average Bonchev–Trinajstić information content (AvgIpc) is 3.24. The summed E-state index contributed by atoms with van der Waals surface area (Å²) < 4.78 is 5.79. The molecule has 0 saturated carbocycles. The Bertz CT molecular complexity index is 1080. The maximum absolute atomic E-state index is 12.4. The van der Waals surface area contributed by atoms with Gasteiger partial charge in [0.15, 0.2) is 17.3 Å². The molecule has 3 aromatic rings. The molecule has 30 heavy (non-hydrogen) atoms. The summed E-state index contributed by atoms with van der Waals surface area (Å²) in [6, 6.07) is 9.11. The third kappa shape index (κ3) is 4.27. The fraction of sp³-hybridized carbons (Fsp3) is 0.286. The maximum atomic E-state index is 12.4. The van der Waals surface area contributed by atoms with Crippen LogP contribution in [0.2, 0.25) is 0 Å². The van der Waals surface area contributed by atoms with Crippen LogP contribution in [0.5, 0.6) is 0 Å². The molecule has 3 N–H and O–H groups in total. The zero-order valence-corrected chi connectivity index (χ0v) is 16.9. The van der Waals surface area contributed by atoms with Crippen LogP contribution < -0.4 is 11.1 Å². The summed E-state index contributed by atoms with van der Waals surface area (Å²) >= 11 is 0. The van der Waals surface area contributed by atoms with Crippen molar-refractivity contribution in [2.24, 2.45) is 0 Å². The van der Waals surface area contributed by atoms with E-state index in [0.717, 1.165) is 17.6 Å². The highest BCUT2D eigenvalue weighted by Gasteiger charge is 2.23. The monoisotopic (exact) mass is 405 g/mol. The first-order chi connectivity index (χ1) is 14.5. The second kappa shape index (κ2) is 8.52. The minimum absolute atomic E-state index is 0.102. The van der Waals surface area contributed by atoms with Crippen LogP contribution in [-0.4, -0.2) is 64.1 Å². The lowest BCUT2D eigenvalue weighted by molar-refractivity contribution is -0.120. The number of hydrogen-bond donors (Lipinski definition) is 2. The largest absolute Gasteiger partial charge is 0.414 e. The lowest BCUT2D eigenvalue weighted by atomic mass is 9.99. The second-order valence-electron chi connectivity index (χ2n) is 7.35. The molecule has 2 aromatic heterocycles. The molecule has 3 heterocycles. The molecule has 0 amide bonds. The van der Waals surface area contributed by atoms with E-state index in [1.54, 1.807) is 6.20 Å². The Morgan fingerprint density at radius 2 is 2.00 bits per heavy atom. The lowest BCUT2D eigenvalue weighted by Gasteiger charge is -2.23. The number of rotatable bonds is 6. The molecule has 4 rings (SSSR count). The number of anilines is 1. The van der Waals surface area contributed by atoms with Crippen LogP contribution in [0.25, 0.3) is 28.6 Å². The summed E-state index contributed by atoms with van der Waals surface area (Å²) in [7, 11) is 3.74. The number of ketones is 1. The van der Waals surface area contributed by atoms with E-state index in [2.05, 4.69) is 25.5 Å². The Morgan fingerprint density at radius 1 is 1.23 bits per heavy atom. The van der Waals surface area contributed by atoms with Crippen molar-refractivity contribution >= 4 is 17.2 Å². The Balaban J connectivity index is 1.63. The summed E-state index contributed by atoms with van der Waals surface area (Å²) in [5, 5.41) is 11.4. The smallest absolute Gasteiger partial charge is 0.270 e. The summed E-state index contributed by atoms with van der Waals surface area (Å²) in [4.78, 5) is 23.2. The van der Waals surface area contributed by atoms with Gasteiger partial charge in [-0.25, -0.2) is 9.97 Å². The molecule has 0 radical (unpaired) electrons. The fourth-order valence-electron chi connectivity index (χ4n) is 3.26. The van der Waals surface area contributed by atoms with Crippen molar-refractivity contribution in [1.82, 2.24) is 30.4 Å². The number of nitrogens with one attached hydrogen (secondary N) is 1. The molecule has 0 saturated heterocycles. The first-order valence-corrected chi connectivity index (χ1v) is 9.65. The molecule has 9 nitrogen and oxygen atoms in total. The molecule has 0 aliphatic carbocycles. The predicted octanol–water partition coefficient (Wildman–Crippen LogP) is 1.65. The van der Waals surface area contributed by atoms with Gasteiger partial charge in [0, 0.05) is 12.1 Å². The highest BCUT2D eigenvalue weighted by molar-refractivity contribution is 5.90. The van der Waals surface area contributed by atoms with Gasteiger partial charge < -0.3 is 20.4 Å². The molecule has 0 fully saturated rings. The van der Waals surface area contributed by atoms with Crippen molar-refractivity contribution in [2.45, 2.75) is 12.5 Å². The van der Waals surface area contributed by atoms with E-state index in [1.807, 2.05) is 55.4 Å². The molecule has 1 aromatic carbocycles. The number of likely N-dealkylation sites (N-methyl/N-ethyl adjacent to an activating group) is 1. The summed E-state index contributed by atoms with van der Waals surface area (Å²) in [6.07, 6.45) is 4.24. The summed E-state index contributed by atoms with van der Waals surface area (Å²) in [5.74, 6) is 0.894. The summed E-state index contributed by atoms with van der Waals surface area (Å²) in [5.41, 5.74) is 8.75. The van der Waals surface area contributed by atoms with Crippen LogP contribution in [0.1, 0.15) is 12.1 Å². The number of nitrogens with two attached hydrogens (primary N) is 1. The minimum Gasteiger partial charge on any atom is -0.414 e. The van der Waals surface area contributed by atoms with Gasteiger partial charge in [0.1, 0.15) is 0 Å². The lowest BCUT2D eigenvalue weighted by Crippen LogP contribution is -2.42. The number of aromatic nitrogens is 4. The molecule has 154 valence electrons. The topological polar surface area (TPSA) is 123 Å². The van der Waals surface area contributed by atoms with Crippen molar-refractivity contribution in [2.75, 3.05) is 32.9 Å². The number of carbonyl (C=O) groups is 1. The fourth-order valence-corrected chi connectivity index (χ4v) is 3.26. The van der Waals surface area contributed by atoms with Crippen LogP contribution >= 0.6 is 0 Å². The van der Waals surface area contributed by atoms with Crippen molar-refractivity contribution < 1.29 is 9.21 Å². The van der Waals surface area contributed by atoms with Gasteiger partial charge in [-0.05, 0) is 38.2 Å². The van der Waals surface area contributed by atoms with Crippen LogP contribution in [-0.2, 0) is 4.79 Å². The highest BCUT2D eigenvalue weighted by Crippen LogP contribution is 2.28. The number of Topliss-reactive ketones (excluding diaryl/α,β-unsaturated/α-hetero) is 1. The van der Waals surface area contributed by atoms with E-state index in [-0.39, 0.29) is 23.5 Å². The number of carbonyl (C=O) groups excluding carboxylic acids is 1. The van der Waals surface area contributed by atoms with Crippen molar-refractivity contribution in [1.29, 1.82) is 0 Å². The number of hydrogen-bond acceptors (Lipinski definition) is 9. The Labute approximate surface area is 174 Å². The molecule has 0 bridgehead atoms. The number of benzene rings is 1. The van der Waals surface area contributed by atoms with Crippen molar-refractivity contribution in [3.8, 4) is 23.0 Å². The van der Waals surface area contributed by atoms with E-state index in [9.17, 15) is 4.79 Å². The third-order valence-electron chi connectivity index (χ3n) is 4.72. The van der Waals surface area contributed by atoms with Gasteiger partial charge in [0.2, 0.25) is 5.89 Å². The van der Waals surface area contributed by atoms with Crippen LogP contribution in [0.15, 0.2) is 47.0 Å². The predicted molar refractivity (Wildman–Crippen MR) is 113 cm³/mol. The third-order valence-corrected chi connectivity index (χ3v) is 4.72. The first kappa shape index (κ1) is 19.9. The number of nitrogen functional groups attached to an aromatic ring is 1. The normalized spacial score (nSPS) is 16.5. The van der Waals surface area contributed by atoms with E-state index < -0.39 is 0 Å². The molecular weight excluding hydrogens is 382 g/mol.